The average molecular weight is 290 g/mol. The van der Waals surface area contributed by atoms with Crippen LogP contribution in [-0.2, 0) is 9.53 Å². The zero-order valence-electron chi connectivity index (χ0n) is 12.5. The van der Waals surface area contributed by atoms with Crippen LogP contribution < -0.4 is 15.4 Å². The largest absolute Gasteiger partial charge is 0.477 e. The van der Waals surface area contributed by atoms with Gasteiger partial charge in [-0.25, -0.2) is 0 Å². The van der Waals surface area contributed by atoms with E-state index in [1.165, 1.54) is 0 Å². The van der Waals surface area contributed by atoms with Crippen molar-refractivity contribution in [1.29, 1.82) is 0 Å². The Bertz CT molecular complexity index is 530. The summed E-state index contributed by atoms with van der Waals surface area (Å²) in [6, 6.07) is 7.83. The van der Waals surface area contributed by atoms with Crippen molar-refractivity contribution in [2.45, 2.75) is 44.4 Å². The van der Waals surface area contributed by atoms with Gasteiger partial charge in [-0.05, 0) is 38.8 Å². The fourth-order valence-electron chi connectivity index (χ4n) is 2.91. The average Bonchev–Trinajstić information content (AvgIpc) is 2.45. The number of carbonyl (C=O) groups is 1. The Kier molecular flexibility index (Phi) is 3.76. The van der Waals surface area contributed by atoms with Gasteiger partial charge in [0.05, 0.1) is 17.8 Å². The Morgan fingerprint density at radius 2 is 2.19 bits per heavy atom. The number of amides is 1. The van der Waals surface area contributed by atoms with Crippen LogP contribution in [0.15, 0.2) is 24.3 Å². The maximum Gasteiger partial charge on any atom is 0.263 e. The molecule has 1 amide bonds. The highest BCUT2D eigenvalue weighted by molar-refractivity contribution is 5.83. The molecule has 2 aliphatic rings. The minimum absolute atomic E-state index is 0.0558. The maximum atomic E-state index is 12.4. The molecule has 0 radical (unpaired) electrons. The lowest BCUT2D eigenvalue weighted by molar-refractivity contribution is -0.130. The fraction of sp³-hybridized carbons (Fsp3) is 0.562. The van der Waals surface area contributed by atoms with E-state index in [1.807, 2.05) is 24.3 Å². The summed E-state index contributed by atoms with van der Waals surface area (Å²) in [5.74, 6) is 0.677. The predicted molar refractivity (Wildman–Crippen MR) is 80.5 cm³/mol. The van der Waals surface area contributed by atoms with E-state index < -0.39 is 6.10 Å². The molecule has 3 rings (SSSR count). The molecule has 5 nitrogen and oxygen atoms in total. The standard InChI is InChI=1S/C16H22N2O3/c1-16(2)9-11(7-8-20-16)18-15(19)14-10-17-12-5-3-4-6-13(12)21-14/h3-6,11,14,17H,7-10H2,1-2H3,(H,18,19). The van der Waals surface area contributed by atoms with E-state index in [0.29, 0.717) is 13.2 Å². The summed E-state index contributed by atoms with van der Waals surface area (Å²) in [6.45, 7) is 5.29. The first kappa shape index (κ1) is 14.2. The quantitative estimate of drug-likeness (QED) is 0.874. The highest BCUT2D eigenvalue weighted by Gasteiger charge is 2.32. The molecule has 0 saturated carbocycles. The van der Waals surface area contributed by atoms with Crippen molar-refractivity contribution >= 4 is 11.6 Å². The summed E-state index contributed by atoms with van der Waals surface area (Å²) in [4.78, 5) is 12.4. The van der Waals surface area contributed by atoms with Crippen molar-refractivity contribution in [2.75, 3.05) is 18.5 Å². The lowest BCUT2D eigenvalue weighted by Crippen LogP contribution is -2.51. The third-order valence-electron chi connectivity index (χ3n) is 3.97. The summed E-state index contributed by atoms with van der Waals surface area (Å²) in [6.07, 6.45) is 1.20. The van der Waals surface area contributed by atoms with Gasteiger partial charge in [-0.3, -0.25) is 4.79 Å². The van der Waals surface area contributed by atoms with Crippen molar-refractivity contribution in [3.63, 3.8) is 0 Å². The molecular formula is C16H22N2O3. The molecule has 114 valence electrons. The van der Waals surface area contributed by atoms with Gasteiger partial charge in [-0.2, -0.15) is 0 Å². The smallest absolute Gasteiger partial charge is 0.263 e. The molecule has 1 fully saturated rings. The molecular weight excluding hydrogens is 268 g/mol. The minimum atomic E-state index is -0.481. The molecule has 5 heteroatoms. The molecule has 1 aromatic carbocycles. The normalized spacial score (nSPS) is 27.0. The molecule has 0 aromatic heterocycles. The van der Waals surface area contributed by atoms with Crippen LogP contribution in [-0.4, -0.2) is 36.8 Å². The van der Waals surface area contributed by atoms with Crippen LogP contribution in [0.3, 0.4) is 0 Å². The Hall–Kier alpha value is -1.75. The van der Waals surface area contributed by atoms with E-state index in [1.54, 1.807) is 0 Å². The summed E-state index contributed by atoms with van der Waals surface area (Å²) in [5, 5.41) is 6.33. The first-order valence-electron chi connectivity index (χ1n) is 7.47. The van der Waals surface area contributed by atoms with E-state index >= 15 is 0 Å². The van der Waals surface area contributed by atoms with Crippen LogP contribution in [0.5, 0.6) is 5.75 Å². The van der Waals surface area contributed by atoms with Gasteiger partial charge >= 0.3 is 0 Å². The van der Waals surface area contributed by atoms with Crippen molar-refractivity contribution in [3.05, 3.63) is 24.3 Å². The first-order valence-corrected chi connectivity index (χ1v) is 7.47. The van der Waals surface area contributed by atoms with Gasteiger partial charge in [-0.1, -0.05) is 12.1 Å². The number of benzene rings is 1. The second kappa shape index (κ2) is 5.56. The molecule has 2 N–H and O–H groups in total. The lowest BCUT2D eigenvalue weighted by atomic mass is 9.94. The van der Waals surface area contributed by atoms with E-state index in [4.69, 9.17) is 9.47 Å². The Labute approximate surface area is 125 Å². The molecule has 1 aromatic rings. The van der Waals surface area contributed by atoms with Gasteiger partial charge in [-0.15, -0.1) is 0 Å². The molecule has 2 heterocycles. The van der Waals surface area contributed by atoms with Crippen molar-refractivity contribution in [2.24, 2.45) is 0 Å². The summed E-state index contributed by atoms with van der Waals surface area (Å²) < 4.78 is 11.5. The third kappa shape index (κ3) is 3.29. The molecule has 0 bridgehead atoms. The van der Waals surface area contributed by atoms with Gasteiger partial charge in [0.25, 0.3) is 5.91 Å². The number of nitrogens with one attached hydrogen (secondary N) is 2. The number of para-hydroxylation sites is 2. The molecule has 1 saturated heterocycles. The van der Waals surface area contributed by atoms with Crippen LogP contribution in [0.4, 0.5) is 5.69 Å². The predicted octanol–water partition coefficient (Wildman–Crippen LogP) is 1.93. The molecule has 0 spiro atoms. The van der Waals surface area contributed by atoms with E-state index in [0.717, 1.165) is 24.3 Å². The van der Waals surface area contributed by atoms with Crippen molar-refractivity contribution in [1.82, 2.24) is 5.32 Å². The molecule has 0 aliphatic carbocycles. The van der Waals surface area contributed by atoms with Gasteiger partial charge in [0.2, 0.25) is 0 Å². The van der Waals surface area contributed by atoms with E-state index in [-0.39, 0.29) is 17.6 Å². The highest BCUT2D eigenvalue weighted by atomic mass is 16.5. The van der Waals surface area contributed by atoms with Crippen LogP contribution >= 0.6 is 0 Å². The fourth-order valence-corrected chi connectivity index (χ4v) is 2.91. The molecule has 2 aliphatic heterocycles. The van der Waals surface area contributed by atoms with E-state index in [9.17, 15) is 4.79 Å². The zero-order chi connectivity index (χ0) is 14.9. The van der Waals surface area contributed by atoms with Crippen molar-refractivity contribution in [3.8, 4) is 5.75 Å². The Morgan fingerprint density at radius 3 is 3.00 bits per heavy atom. The SMILES string of the molecule is CC1(C)CC(NC(=O)C2CNc3ccccc3O2)CCO1. The minimum Gasteiger partial charge on any atom is -0.477 e. The number of fused-ring (bicyclic) bond motifs is 1. The third-order valence-corrected chi connectivity index (χ3v) is 3.97. The maximum absolute atomic E-state index is 12.4. The second-order valence-corrected chi connectivity index (χ2v) is 6.29. The van der Waals surface area contributed by atoms with E-state index in [2.05, 4.69) is 24.5 Å². The zero-order valence-corrected chi connectivity index (χ0v) is 12.5. The number of hydrogen-bond acceptors (Lipinski definition) is 4. The molecule has 2 unspecified atom stereocenters. The lowest BCUT2D eigenvalue weighted by Gasteiger charge is -2.36. The van der Waals surface area contributed by atoms with Crippen molar-refractivity contribution < 1.29 is 14.3 Å². The number of rotatable bonds is 2. The van der Waals surface area contributed by atoms with Gasteiger partial charge in [0, 0.05) is 12.6 Å². The molecule has 2 atom stereocenters. The Balaban J connectivity index is 1.59. The monoisotopic (exact) mass is 290 g/mol. The van der Waals surface area contributed by atoms with Crippen LogP contribution in [0, 0.1) is 0 Å². The number of carbonyl (C=O) groups excluding carboxylic acids is 1. The number of ether oxygens (including phenoxy) is 2. The Morgan fingerprint density at radius 1 is 1.38 bits per heavy atom. The van der Waals surface area contributed by atoms with Crippen LogP contribution in [0.25, 0.3) is 0 Å². The summed E-state index contributed by atoms with van der Waals surface area (Å²) >= 11 is 0. The first-order chi connectivity index (χ1) is 10.0. The van der Waals surface area contributed by atoms with Gasteiger partial charge in [0.15, 0.2) is 6.10 Å². The number of anilines is 1. The summed E-state index contributed by atoms with van der Waals surface area (Å²) in [7, 11) is 0. The highest BCUT2D eigenvalue weighted by Crippen LogP contribution is 2.28. The van der Waals surface area contributed by atoms with Crippen LogP contribution in [0.1, 0.15) is 26.7 Å². The topological polar surface area (TPSA) is 59.6 Å². The molecule has 21 heavy (non-hydrogen) atoms. The van der Waals surface area contributed by atoms with Gasteiger partial charge < -0.3 is 20.1 Å². The summed E-state index contributed by atoms with van der Waals surface area (Å²) in [5.41, 5.74) is 0.767. The second-order valence-electron chi connectivity index (χ2n) is 6.29. The number of hydrogen-bond donors (Lipinski definition) is 2. The van der Waals surface area contributed by atoms with Gasteiger partial charge in [0.1, 0.15) is 5.75 Å². The van der Waals surface area contributed by atoms with Crippen LogP contribution in [0.2, 0.25) is 0 Å².